The lowest BCUT2D eigenvalue weighted by molar-refractivity contribution is -0.136. The molecule has 12 heteroatoms. The fourth-order valence-electron chi connectivity index (χ4n) is 4.22. The van der Waals surface area contributed by atoms with Crippen molar-refractivity contribution in [3.8, 4) is 11.8 Å². The lowest BCUT2D eigenvalue weighted by Gasteiger charge is -2.29. The minimum atomic E-state index is -0.579. The number of nitrogens with zero attached hydrogens (tertiary/aromatic N) is 6. The van der Waals surface area contributed by atoms with Crippen LogP contribution in [0.15, 0.2) is 54.8 Å². The van der Waals surface area contributed by atoms with E-state index in [1.807, 2.05) is 0 Å². The summed E-state index contributed by atoms with van der Waals surface area (Å²) in [5, 5.41) is 18.2. The number of ether oxygens (including phenoxy) is 2. The molecule has 1 atom stereocenters. The van der Waals surface area contributed by atoms with Crippen molar-refractivity contribution in [1.82, 2.24) is 35.2 Å². The van der Waals surface area contributed by atoms with Crippen molar-refractivity contribution in [1.29, 1.82) is 5.26 Å². The Morgan fingerprint density at radius 2 is 2.17 bits per heavy atom. The highest BCUT2D eigenvalue weighted by Gasteiger charge is 2.32. The van der Waals surface area contributed by atoms with Gasteiger partial charge in [-0.2, -0.15) is 10.4 Å². The van der Waals surface area contributed by atoms with Gasteiger partial charge in [-0.1, -0.05) is 0 Å². The van der Waals surface area contributed by atoms with Crippen molar-refractivity contribution in [3.05, 3.63) is 71.4 Å². The van der Waals surface area contributed by atoms with Gasteiger partial charge in [0.05, 0.1) is 49.9 Å². The van der Waals surface area contributed by atoms with Gasteiger partial charge in [0, 0.05) is 37.2 Å². The lowest BCUT2D eigenvalue weighted by Crippen LogP contribution is -2.46. The molecule has 2 aromatic heterocycles. The molecule has 184 valence electrons. The Labute approximate surface area is 206 Å². The molecule has 1 unspecified atom stereocenters. The van der Waals surface area contributed by atoms with E-state index in [0.29, 0.717) is 60.1 Å². The zero-order valence-corrected chi connectivity index (χ0v) is 19.5. The number of benzene rings is 1. The number of fused-ring (bicyclic) bond motifs is 1. The average molecular weight is 489 g/mol. The van der Waals surface area contributed by atoms with E-state index in [9.17, 15) is 14.9 Å². The number of nitriles is 1. The number of aromatic nitrogens is 3. The number of hydrogen-bond donors (Lipinski definition) is 2. The molecule has 0 radical (unpaired) electrons. The lowest BCUT2D eigenvalue weighted by atomic mass is 10.0. The van der Waals surface area contributed by atoms with E-state index in [0.717, 1.165) is 0 Å². The predicted octanol–water partition coefficient (Wildman–Crippen LogP) is 0.601. The first-order valence-corrected chi connectivity index (χ1v) is 11.3. The number of carbonyl (C=O) groups excluding carboxylic acids is 2. The summed E-state index contributed by atoms with van der Waals surface area (Å²) in [5.74, 6) is 0.0575. The first-order chi connectivity index (χ1) is 17.6. The van der Waals surface area contributed by atoms with Crippen LogP contribution in [0, 0.1) is 11.3 Å². The van der Waals surface area contributed by atoms with Crippen molar-refractivity contribution in [3.63, 3.8) is 0 Å². The average Bonchev–Trinajstić information content (AvgIpc) is 3.52. The van der Waals surface area contributed by atoms with Crippen LogP contribution in [-0.2, 0) is 9.53 Å². The second-order valence-electron chi connectivity index (χ2n) is 8.24. The number of carbonyl (C=O) groups is 2. The minimum absolute atomic E-state index is 0.0500. The van der Waals surface area contributed by atoms with Crippen LogP contribution in [0.2, 0.25) is 0 Å². The first-order valence-electron chi connectivity index (χ1n) is 11.3. The molecule has 4 heterocycles. The van der Waals surface area contributed by atoms with Crippen LogP contribution < -0.4 is 15.5 Å². The Balaban J connectivity index is 1.44. The molecule has 0 spiro atoms. The third-order valence-corrected chi connectivity index (χ3v) is 6.02. The molecule has 1 aromatic carbocycles. The van der Waals surface area contributed by atoms with E-state index < -0.39 is 11.9 Å². The fraction of sp³-hybridized carbons (Fsp3) is 0.292. The van der Waals surface area contributed by atoms with Gasteiger partial charge in [-0.05, 0) is 24.3 Å². The number of amides is 2. The van der Waals surface area contributed by atoms with Gasteiger partial charge in [0.1, 0.15) is 17.9 Å². The molecule has 0 bridgehead atoms. The summed E-state index contributed by atoms with van der Waals surface area (Å²) in [6, 6.07) is 8.32. The Kier molecular flexibility index (Phi) is 6.48. The van der Waals surface area contributed by atoms with Crippen molar-refractivity contribution >= 4 is 17.5 Å². The van der Waals surface area contributed by atoms with E-state index in [1.165, 1.54) is 17.8 Å². The molecule has 2 amide bonds. The van der Waals surface area contributed by atoms with Crippen LogP contribution >= 0.6 is 0 Å². The number of hydrazine groups is 1. The maximum absolute atomic E-state index is 13.2. The summed E-state index contributed by atoms with van der Waals surface area (Å²) < 4.78 is 12.4. The zero-order chi connectivity index (χ0) is 25.1. The Morgan fingerprint density at radius 3 is 2.94 bits per heavy atom. The minimum Gasteiger partial charge on any atom is -0.496 e. The summed E-state index contributed by atoms with van der Waals surface area (Å²) in [5.41, 5.74) is 5.55. The highest BCUT2D eigenvalue weighted by Crippen LogP contribution is 2.33. The van der Waals surface area contributed by atoms with Crippen LogP contribution in [0.3, 0.4) is 0 Å². The molecule has 36 heavy (non-hydrogen) atoms. The zero-order valence-electron chi connectivity index (χ0n) is 19.5. The van der Waals surface area contributed by atoms with Gasteiger partial charge in [-0.15, -0.1) is 0 Å². The fourth-order valence-corrected chi connectivity index (χ4v) is 4.22. The summed E-state index contributed by atoms with van der Waals surface area (Å²) in [6.45, 7) is 2.12. The van der Waals surface area contributed by atoms with E-state index >= 15 is 0 Å². The molecule has 12 nitrogen and oxygen atoms in total. The maximum Gasteiger partial charge on any atom is 0.261 e. The number of rotatable bonds is 6. The van der Waals surface area contributed by atoms with Gasteiger partial charge in [-0.25, -0.2) is 14.9 Å². The van der Waals surface area contributed by atoms with Crippen molar-refractivity contribution in [2.45, 2.75) is 6.04 Å². The van der Waals surface area contributed by atoms with Gasteiger partial charge in [0.2, 0.25) is 5.91 Å². The highest BCUT2D eigenvalue weighted by atomic mass is 16.5. The summed E-state index contributed by atoms with van der Waals surface area (Å²) in [4.78, 5) is 32.1. The number of morpholine rings is 1. The van der Waals surface area contributed by atoms with Crippen LogP contribution in [0.5, 0.6) is 5.75 Å². The monoisotopic (exact) mass is 488 g/mol. The van der Waals surface area contributed by atoms with E-state index in [4.69, 9.17) is 9.47 Å². The largest absolute Gasteiger partial charge is 0.496 e. The maximum atomic E-state index is 13.2. The molecular formula is C24H24N8O4. The molecule has 0 saturated carbocycles. The molecule has 2 N–H and O–H groups in total. The molecule has 2 aliphatic heterocycles. The summed E-state index contributed by atoms with van der Waals surface area (Å²) >= 11 is 0. The third kappa shape index (κ3) is 4.57. The smallest absolute Gasteiger partial charge is 0.261 e. The van der Waals surface area contributed by atoms with E-state index in [2.05, 4.69) is 26.9 Å². The van der Waals surface area contributed by atoms with Crippen LogP contribution in [0.4, 0.5) is 0 Å². The Bertz CT molecular complexity index is 1370. The van der Waals surface area contributed by atoms with Crippen LogP contribution in [-0.4, -0.2) is 76.3 Å². The molecule has 1 fully saturated rings. The molecule has 0 aliphatic carbocycles. The predicted molar refractivity (Wildman–Crippen MR) is 126 cm³/mol. The Hall–Kier alpha value is -4.47. The van der Waals surface area contributed by atoms with Crippen LogP contribution in [0.1, 0.15) is 27.5 Å². The SMILES string of the molecule is COc1ccc(C#N)cc1C1NN(CC(=O)N2CCOCC2)C=C1NC(=O)c1cnn2cccnc12. The molecule has 3 aromatic rings. The first kappa shape index (κ1) is 23.3. The van der Waals surface area contributed by atoms with Crippen molar-refractivity contribution < 1.29 is 19.1 Å². The normalized spacial score (nSPS) is 17.6. The second-order valence-corrected chi connectivity index (χ2v) is 8.24. The molecule has 2 aliphatic rings. The van der Waals surface area contributed by atoms with Gasteiger partial charge in [0.15, 0.2) is 5.65 Å². The van der Waals surface area contributed by atoms with E-state index in [-0.39, 0.29) is 12.5 Å². The van der Waals surface area contributed by atoms with Gasteiger partial charge in [0.25, 0.3) is 5.91 Å². The quantitative estimate of drug-likeness (QED) is 0.511. The summed E-state index contributed by atoms with van der Waals surface area (Å²) in [7, 11) is 1.53. The van der Waals surface area contributed by atoms with Crippen molar-refractivity contribution in [2.75, 3.05) is 40.0 Å². The van der Waals surface area contributed by atoms with Crippen molar-refractivity contribution in [2.24, 2.45) is 0 Å². The third-order valence-electron chi connectivity index (χ3n) is 6.02. The van der Waals surface area contributed by atoms with Gasteiger partial charge >= 0.3 is 0 Å². The Morgan fingerprint density at radius 1 is 1.33 bits per heavy atom. The number of nitrogens with one attached hydrogen (secondary N) is 2. The topological polar surface area (TPSA) is 137 Å². The summed E-state index contributed by atoms with van der Waals surface area (Å²) in [6.07, 6.45) is 6.42. The van der Waals surface area contributed by atoms with Gasteiger partial charge < -0.3 is 24.7 Å². The number of hydrogen-bond acceptors (Lipinski definition) is 9. The standard InChI is InChI=1S/C24H24N8O4/c1-35-20-4-3-16(12-25)11-17(20)22-19(14-31(29-22)15-21(33)30-7-9-36-10-8-30)28-24(34)18-13-27-32-6-2-5-26-23(18)32/h2-6,11,13-14,22,29H,7-10,15H2,1H3,(H,28,34). The molecule has 5 rings (SSSR count). The second kappa shape index (κ2) is 10.0. The number of methoxy groups -OCH3 is 1. The molecule has 1 saturated heterocycles. The molecular weight excluding hydrogens is 464 g/mol. The highest BCUT2D eigenvalue weighted by molar-refractivity contribution is 6.00. The van der Waals surface area contributed by atoms with Crippen LogP contribution in [0.25, 0.3) is 5.65 Å². The van der Waals surface area contributed by atoms with E-state index in [1.54, 1.807) is 52.8 Å². The van der Waals surface area contributed by atoms with Gasteiger partial charge in [-0.3, -0.25) is 9.59 Å².